The number of esters is 1. The first-order valence-corrected chi connectivity index (χ1v) is 11.0. The van der Waals surface area contributed by atoms with E-state index in [1.807, 2.05) is 25.1 Å². The topological polar surface area (TPSA) is 106 Å². The molecular formula is C25H22BrN3O5. The summed E-state index contributed by atoms with van der Waals surface area (Å²) in [6.07, 6.45) is 1.41. The first kappa shape index (κ1) is 24.7. The Labute approximate surface area is 205 Å². The van der Waals surface area contributed by atoms with Crippen molar-refractivity contribution in [3.8, 4) is 11.5 Å². The Morgan fingerprint density at radius 2 is 1.79 bits per heavy atom. The third-order valence-electron chi connectivity index (χ3n) is 4.65. The fraction of sp³-hybridized carbons (Fsp3) is 0.120. The van der Waals surface area contributed by atoms with E-state index >= 15 is 0 Å². The van der Waals surface area contributed by atoms with Gasteiger partial charge < -0.3 is 14.8 Å². The van der Waals surface area contributed by atoms with E-state index in [9.17, 15) is 14.4 Å². The summed E-state index contributed by atoms with van der Waals surface area (Å²) in [7, 11) is 1.45. The lowest BCUT2D eigenvalue weighted by Gasteiger charge is -2.10. The van der Waals surface area contributed by atoms with Gasteiger partial charge in [-0.25, -0.2) is 10.2 Å². The first-order valence-electron chi connectivity index (χ1n) is 10.2. The highest BCUT2D eigenvalue weighted by Gasteiger charge is 2.13. The summed E-state index contributed by atoms with van der Waals surface area (Å²) >= 11 is 3.32. The van der Waals surface area contributed by atoms with Crippen molar-refractivity contribution in [1.29, 1.82) is 0 Å². The number of methoxy groups -OCH3 is 1. The first-order chi connectivity index (χ1) is 16.4. The zero-order valence-electron chi connectivity index (χ0n) is 18.5. The largest absolute Gasteiger partial charge is 0.493 e. The molecule has 0 aliphatic carbocycles. The van der Waals surface area contributed by atoms with Crippen molar-refractivity contribution in [3.63, 3.8) is 0 Å². The van der Waals surface area contributed by atoms with E-state index in [2.05, 4.69) is 31.8 Å². The van der Waals surface area contributed by atoms with Crippen LogP contribution in [0.1, 0.15) is 31.8 Å². The minimum absolute atomic E-state index is 0.224. The molecule has 0 bridgehead atoms. The predicted octanol–water partition coefficient (Wildman–Crippen LogP) is 3.87. The van der Waals surface area contributed by atoms with Gasteiger partial charge in [0.1, 0.15) is 0 Å². The van der Waals surface area contributed by atoms with E-state index in [1.165, 1.54) is 13.3 Å². The summed E-state index contributed by atoms with van der Waals surface area (Å²) in [6.45, 7) is 1.60. The molecule has 2 amide bonds. The lowest BCUT2D eigenvalue weighted by atomic mass is 10.1. The lowest BCUT2D eigenvalue weighted by molar-refractivity contribution is -0.120. The number of hydrazone groups is 1. The summed E-state index contributed by atoms with van der Waals surface area (Å²) in [5.74, 6) is -0.780. The molecule has 34 heavy (non-hydrogen) atoms. The Morgan fingerprint density at radius 3 is 2.53 bits per heavy atom. The number of carbonyl (C=O) groups excluding carboxylic acids is 3. The number of nitrogens with one attached hydrogen (secondary N) is 2. The van der Waals surface area contributed by atoms with Gasteiger partial charge in [0, 0.05) is 10.0 Å². The molecule has 0 spiro atoms. The zero-order valence-corrected chi connectivity index (χ0v) is 20.1. The van der Waals surface area contributed by atoms with Gasteiger partial charge in [0.2, 0.25) is 0 Å². The van der Waals surface area contributed by atoms with Gasteiger partial charge in [-0.05, 0) is 60.5 Å². The highest BCUT2D eigenvalue weighted by atomic mass is 79.9. The van der Waals surface area contributed by atoms with Crippen LogP contribution in [0, 0.1) is 6.92 Å². The van der Waals surface area contributed by atoms with E-state index in [1.54, 1.807) is 48.5 Å². The van der Waals surface area contributed by atoms with E-state index in [4.69, 9.17) is 9.47 Å². The van der Waals surface area contributed by atoms with Gasteiger partial charge in [0.25, 0.3) is 11.8 Å². The van der Waals surface area contributed by atoms with E-state index in [0.717, 1.165) is 10.0 Å². The second-order valence-electron chi connectivity index (χ2n) is 7.10. The van der Waals surface area contributed by atoms with Crippen LogP contribution in [0.15, 0.2) is 76.3 Å². The van der Waals surface area contributed by atoms with Crippen LogP contribution >= 0.6 is 15.9 Å². The monoisotopic (exact) mass is 523 g/mol. The minimum Gasteiger partial charge on any atom is -0.493 e. The Balaban J connectivity index is 1.55. The number of rotatable bonds is 8. The molecule has 3 aromatic carbocycles. The van der Waals surface area contributed by atoms with Gasteiger partial charge in [-0.15, -0.1) is 0 Å². The molecule has 0 aliphatic rings. The molecule has 0 unspecified atom stereocenters. The summed E-state index contributed by atoms with van der Waals surface area (Å²) < 4.78 is 11.5. The van der Waals surface area contributed by atoms with Crippen molar-refractivity contribution in [2.24, 2.45) is 5.10 Å². The van der Waals surface area contributed by atoms with Crippen molar-refractivity contribution >= 4 is 39.9 Å². The molecular weight excluding hydrogens is 502 g/mol. The molecule has 0 saturated heterocycles. The van der Waals surface area contributed by atoms with Gasteiger partial charge >= 0.3 is 5.97 Å². The molecule has 0 heterocycles. The van der Waals surface area contributed by atoms with Crippen LogP contribution in [-0.4, -0.2) is 37.7 Å². The third kappa shape index (κ3) is 6.76. The zero-order chi connectivity index (χ0) is 24.5. The highest BCUT2D eigenvalue weighted by molar-refractivity contribution is 9.10. The molecule has 3 aromatic rings. The average molecular weight is 524 g/mol. The maximum absolute atomic E-state index is 12.4. The molecule has 8 nitrogen and oxygen atoms in total. The number of hydrogen-bond donors (Lipinski definition) is 2. The van der Waals surface area contributed by atoms with Crippen LogP contribution in [0.5, 0.6) is 11.5 Å². The Hall–Kier alpha value is -3.98. The predicted molar refractivity (Wildman–Crippen MR) is 131 cm³/mol. The normalized spacial score (nSPS) is 10.6. The lowest BCUT2D eigenvalue weighted by Crippen LogP contribution is -2.35. The van der Waals surface area contributed by atoms with Crippen molar-refractivity contribution in [3.05, 3.63) is 93.5 Å². The third-order valence-corrected chi connectivity index (χ3v) is 5.15. The number of amides is 2. The van der Waals surface area contributed by atoms with Crippen LogP contribution in [-0.2, 0) is 4.79 Å². The second kappa shape index (κ2) is 11.8. The van der Waals surface area contributed by atoms with Gasteiger partial charge in [-0.3, -0.25) is 9.59 Å². The van der Waals surface area contributed by atoms with Crippen LogP contribution in [0.3, 0.4) is 0 Å². The van der Waals surface area contributed by atoms with E-state index in [0.29, 0.717) is 22.4 Å². The number of carbonyl (C=O) groups is 3. The fourth-order valence-electron chi connectivity index (χ4n) is 2.92. The summed E-state index contributed by atoms with van der Waals surface area (Å²) in [5, 5.41) is 6.44. The molecule has 0 aromatic heterocycles. The van der Waals surface area contributed by atoms with Crippen molar-refractivity contribution in [2.45, 2.75) is 6.92 Å². The maximum Gasteiger partial charge on any atom is 0.343 e. The molecule has 174 valence electrons. The van der Waals surface area contributed by atoms with Crippen molar-refractivity contribution in [2.75, 3.05) is 13.7 Å². The van der Waals surface area contributed by atoms with Gasteiger partial charge in [0.15, 0.2) is 11.5 Å². The Morgan fingerprint density at radius 1 is 1.00 bits per heavy atom. The van der Waals surface area contributed by atoms with Crippen LogP contribution in [0.2, 0.25) is 0 Å². The van der Waals surface area contributed by atoms with E-state index < -0.39 is 11.9 Å². The van der Waals surface area contributed by atoms with Crippen molar-refractivity contribution in [1.82, 2.24) is 10.7 Å². The standard InChI is InChI=1S/C25H22BrN3O5/c1-16-6-3-4-9-20(16)24(31)27-15-23(30)29-28-14-17-10-11-21(22(12-17)33-2)34-25(32)18-7-5-8-19(26)13-18/h3-14H,15H2,1-2H3,(H,27,31)(H,29,30). The molecule has 0 saturated carbocycles. The number of halogens is 1. The molecule has 2 N–H and O–H groups in total. The number of aryl methyl sites for hydroxylation is 1. The summed E-state index contributed by atoms with van der Waals surface area (Å²) in [6, 6.07) is 18.8. The van der Waals surface area contributed by atoms with E-state index in [-0.39, 0.29) is 18.2 Å². The van der Waals surface area contributed by atoms with Gasteiger partial charge in [0.05, 0.1) is 25.4 Å². The summed E-state index contributed by atoms with van der Waals surface area (Å²) in [5.41, 5.74) is 4.66. The molecule has 0 atom stereocenters. The highest BCUT2D eigenvalue weighted by Crippen LogP contribution is 2.28. The summed E-state index contributed by atoms with van der Waals surface area (Å²) in [4.78, 5) is 36.5. The fourth-order valence-corrected chi connectivity index (χ4v) is 3.32. The number of hydrogen-bond acceptors (Lipinski definition) is 6. The molecule has 0 fully saturated rings. The minimum atomic E-state index is -0.527. The SMILES string of the molecule is COc1cc(C=NNC(=O)CNC(=O)c2ccccc2C)ccc1OC(=O)c1cccc(Br)c1. The van der Waals surface area contributed by atoms with Gasteiger partial charge in [-0.1, -0.05) is 40.2 Å². The number of nitrogens with zero attached hydrogens (tertiary/aromatic N) is 1. The Kier molecular flexibility index (Phi) is 8.53. The molecule has 0 aliphatic heterocycles. The maximum atomic E-state index is 12.4. The second-order valence-corrected chi connectivity index (χ2v) is 8.02. The smallest absolute Gasteiger partial charge is 0.343 e. The van der Waals surface area contributed by atoms with Crippen LogP contribution < -0.4 is 20.2 Å². The average Bonchev–Trinajstić information content (AvgIpc) is 2.83. The number of ether oxygens (including phenoxy) is 2. The van der Waals surface area contributed by atoms with Crippen molar-refractivity contribution < 1.29 is 23.9 Å². The molecule has 0 radical (unpaired) electrons. The van der Waals surface area contributed by atoms with Gasteiger partial charge in [-0.2, -0.15) is 5.10 Å². The molecule has 9 heteroatoms. The number of benzene rings is 3. The Bertz CT molecular complexity index is 1240. The van der Waals surface area contributed by atoms with Crippen LogP contribution in [0.4, 0.5) is 0 Å². The molecule has 3 rings (SSSR count). The van der Waals surface area contributed by atoms with Crippen LogP contribution in [0.25, 0.3) is 0 Å². The quantitative estimate of drug-likeness (QED) is 0.202.